The van der Waals surface area contributed by atoms with E-state index in [0.717, 1.165) is 48.8 Å². The van der Waals surface area contributed by atoms with E-state index in [1.54, 1.807) is 19.1 Å². The van der Waals surface area contributed by atoms with Gasteiger partial charge < -0.3 is 29.7 Å². The third kappa shape index (κ3) is 9.49. The summed E-state index contributed by atoms with van der Waals surface area (Å²) in [6.45, 7) is 6.95. The highest BCUT2D eigenvalue weighted by atomic mass is 32.2. The molecule has 5 rings (SSSR count). The Balaban J connectivity index is 1.29. The molecule has 2 aromatic carbocycles. The molecule has 0 spiro atoms. The Kier molecular flexibility index (Phi) is 12.7. The van der Waals surface area contributed by atoms with Crippen molar-refractivity contribution in [2.75, 3.05) is 68.6 Å². The van der Waals surface area contributed by atoms with Crippen LogP contribution in [0.1, 0.15) is 69.5 Å². The lowest BCUT2D eigenvalue weighted by Gasteiger charge is -2.35. The fourth-order valence-electron chi connectivity index (χ4n) is 6.32. The molecule has 0 bridgehead atoms. The second-order valence-corrected chi connectivity index (χ2v) is 14.7. The zero-order valence-electron chi connectivity index (χ0n) is 28.7. The number of carbonyl (C=O) groups is 1. The van der Waals surface area contributed by atoms with Crippen molar-refractivity contribution in [2.24, 2.45) is 5.92 Å². The van der Waals surface area contributed by atoms with Gasteiger partial charge in [0.15, 0.2) is 5.82 Å². The third-order valence-electron chi connectivity index (χ3n) is 9.40. The summed E-state index contributed by atoms with van der Waals surface area (Å²) in [7, 11) is -3.43. The molecule has 2 fully saturated rings. The fraction of sp³-hybridized carbons (Fsp3) is 0.571. The monoisotopic (exact) mass is 719 g/mol. The first-order valence-electron chi connectivity index (χ1n) is 17.3. The van der Waals surface area contributed by atoms with E-state index < -0.39 is 34.1 Å². The highest BCUT2D eigenvalue weighted by Gasteiger charge is 2.43. The van der Waals surface area contributed by atoms with Crippen molar-refractivity contribution in [3.05, 3.63) is 53.6 Å². The van der Waals surface area contributed by atoms with Crippen LogP contribution >= 0.6 is 0 Å². The van der Waals surface area contributed by atoms with Gasteiger partial charge in [0, 0.05) is 54.1 Å². The lowest BCUT2D eigenvalue weighted by molar-refractivity contribution is -0.0836. The minimum atomic E-state index is -3.43. The standard InChI is InChI=1S/C35H47F2N5O7S/c1-3-50(45,46)49-20-7-5-4-6-19-48-33-30-12-11-29(41-17-21-47-22-18-41)24-31(30)32(39-40-33)38-25(2)26-9-8-10-28(23-26)35(36,37)27-13-15-42(16-14-27)34(43)44/h8-12,23-25,27H,3-7,13-22H2,1-2H3,(H,38,39)(H,43,44). The van der Waals surface area contributed by atoms with Crippen molar-refractivity contribution in [1.82, 2.24) is 15.1 Å². The minimum Gasteiger partial charge on any atom is -0.476 e. The second-order valence-electron chi connectivity index (χ2n) is 12.8. The van der Waals surface area contributed by atoms with E-state index in [1.807, 2.05) is 25.1 Å². The summed E-state index contributed by atoms with van der Waals surface area (Å²) >= 11 is 0. The van der Waals surface area contributed by atoms with Gasteiger partial charge in [-0.2, -0.15) is 8.42 Å². The van der Waals surface area contributed by atoms with Gasteiger partial charge in [0.2, 0.25) is 5.88 Å². The fourth-order valence-corrected chi connectivity index (χ4v) is 6.86. The zero-order chi connectivity index (χ0) is 35.7. The van der Waals surface area contributed by atoms with Crippen LogP contribution in [0, 0.1) is 5.92 Å². The smallest absolute Gasteiger partial charge is 0.407 e. The van der Waals surface area contributed by atoms with E-state index in [4.69, 9.17) is 13.7 Å². The molecule has 2 aliphatic rings. The lowest BCUT2D eigenvalue weighted by Crippen LogP contribution is -2.41. The van der Waals surface area contributed by atoms with Crippen LogP contribution in [0.15, 0.2) is 42.5 Å². The summed E-state index contributed by atoms with van der Waals surface area (Å²) in [4.78, 5) is 14.7. The Morgan fingerprint density at radius 2 is 1.74 bits per heavy atom. The Bertz CT molecular complexity index is 1700. The van der Waals surface area contributed by atoms with E-state index >= 15 is 8.78 Å². The first-order valence-corrected chi connectivity index (χ1v) is 18.9. The average molecular weight is 720 g/mol. The molecule has 1 aromatic heterocycles. The number of hydrogen-bond acceptors (Lipinski definition) is 10. The molecule has 15 heteroatoms. The van der Waals surface area contributed by atoms with Crippen LogP contribution in [0.2, 0.25) is 0 Å². The van der Waals surface area contributed by atoms with Crippen molar-refractivity contribution in [2.45, 2.75) is 64.3 Å². The quantitative estimate of drug-likeness (QED) is 0.125. The second kappa shape index (κ2) is 16.9. The zero-order valence-corrected chi connectivity index (χ0v) is 29.5. The number of ether oxygens (including phenoxy) is 2. The number of alkyl halides is 2. The molecule has 2 aliphatic heterocycles. The number of amides is 1. The van der Waals surface area contributed by atoms with Crippen molar-refractivity contribution in [1.29, 1.82) is 0 Å². The number of halogens is 2. The molecule has 1 unspecified atom stereocenters. The van der Waals surface area contributed by atoms with Gasteiger partial charge in [0.1, 0.15) is 0 Å². The maximum Gasteiger partial charge on any atom is 0.407 e. The number of likely N-dealkylation sites (tertiary alicyclic amines) is 1. The molecule has 2 saturated heterocycles. The highest BCUT2D eigenvalue weighted by molar-refractivity contribution is 7.86. The predicted octanol–water partition coefficient (Wildman–Crippen LogP) is 6.43. The molecule has 0 aliphatic carbocycles. The Hall–Kier alpha value is -3.82. The van der Waals surface area contributed by atoms with Crippen molar-refractivity contribution < 1.29 is 40.8 Å². The number of hydrogen-bond donors (Lipinski definition) is 2. The Labute approximate surface area is 292 Å². The molecule has 274 valence electrons. The van der Waals surface area contributed by atoms with Crippen LogP contribution in [-0.4, -0.2) is 93.1 Å². The first-order chi connectivity index (χ1) is 24.0. The predicted molar refractivity (Wildman–Crippen MR) is 187 cm³/mol. The van der Waals surface area contributed by atoms with Crippen molar-refractivity contribution >= 4 is 38.5 Å². The van der Waals surface area contributed by atoms with Gasteiger partial charge in [0.25, 0.3) is 16.0 Å². The van der Waals surface area contributed by atoms with E-state index in [0.29, 0.717) is 43.5 Å². The van der Waals surface area contributed by atoms with Gasteiger partial charge >= 0.3 is 6.09 Å². The van der Waals surface area contributed by atoms with Crippen LogP contribution in [0.4, 0.5) is 25.1 Å². The van der Waals surface area contributed by atoms with E-state index in [2.05, 4.69) is 20.4 Å². The van der Waals surface area contributed by atoms with E-state index in [9.17, 15) is 18.3 Å². The maximum atomic E-state index is 15.7. The van der Waals surface area contributed by atoms with Crippen molar-refractivity contribution in [3.8, 4) is 5.88 Å². The molecule has 50 heavy (non-hydrogen) atoms. The molecule has 12 nitrogen and oxygen atoms in total. The summed E-state index contributed by atoms with van der Waals surface area (Å²) in [6.07, 6.45) is 2.12. The Morgan fingerprint density at radius 1 is 1.02 bits per heavy atom. The molecule has 0 saturated carbocycles. The number of fused-ring (bicyclic) bond motifs is 1. The summed E-state index contributed by atoms with van der Waals surface area (Å²) in [6, 6.07) is 12.0. The number of benzene rings is 2. The number of piperidine rings is 1. The van der Waals surface area contributed by atoms with Crippen LogP contribution in [0.5, 0.6) is 5.88 Å². The molecule has 3 heterocycles. The van der Waals surface area contributed by atoms with Crippen molar-refractivity contribution in [3.63, 3.8) is 0 Å². The number of rotatable bonds is 16. The van der Waals surface area contributed by atoms with Crippen LogP contribution in [0.25, 0.3) is 10.8 Å². The van der Waals surface area contributed by atoms with Gasteiger partial charge in [-0.25, -0.2) is 13.6 Å². The van der Waals surface area contributed by atoms with Crippen LogP contribution in [0.3, 0.4) is 0 Å². The molecule has 1 amide bonds. The number of nitrogens with one attached hydrogen (secondary N) is 1. The largest absolute Gasteiger partial charge is 0.476 e. The number of anilines is 2. The normalized spacial score (nSPS) is 16.8. The summed E-state index contributed by atoms with van der Waals surface area (Å²) in [5.74, 6) is -3.21. The van der Waals surface area contributed by atoms with Crippen LogP contribution < -0.4 is 15.0 Å². The molecular formula is C35H47F2N5O7S. The number of carboxylic acid groups (broad SMARTS) is 1. The average Bonchev–Trinajstić information content (AvgIpc) is 3.13. The summed E-state index contributed by atoms with van der Waals surface area (Å²) in [5, 5.41) is 23.1. The van der Waals surface area contributed by atoms with Gasteiger partial charge in [-0.15, -0.1) is 10.2 Å². The van der Waals surface area contributed by atoms with Gasteiger partial charge in [0.05, 0.1) is 38.2 Å². The molecule has 0 radical (unpaired) electrons. The lowest BCUT2D eigenvalue weighted by atomic mass is 9.85. The van der Waals surface area contributed by atoms with Gasteiger partial charge in [-0.1, -0.05) is 24.6 Å². The summed E-state index contributed by atoms with van der Waals surface area (Å²) in [5.41, 5.74) is 1.56. The molecule has 3 aromatic rings. The molecule has 1 atom stereocenters. The SMILES string of the molecule is CCS(=O)(=O)OCCCCCCOc1nnc(NC(C)c2cccc(C(F)(F)C3CCN(C(=O)O)CC3)c2)c2cc(N3CCOCC3)ccc12. The molecular weight excluding hydrogens is 672 g/mol. The first kappa shape index (κ1) is 37.4. The molecule has 2 N–H and O–H groups in total. The van der Waals surface area contributed by atoms with Gasteiger partial charge in [-0.3, -0.25) is 4.18 Å². The highest BCUT2D eigenvalue weighted by Crippen LogP contribution is 2.42. The van der Waals surface area contributed by atoms with Gasteiger partial charge in [-0.05, 0) is 75.8 Å². The van der Waals surface area contributed by atoms with E-state index in [-0.39, 0.29) is 43.9 Å². The number of morpholine rings is 1. The maximum absolute atomic E-state index is 15.7. The number of aromatic nitrogens is 2. The van der Waals surface area contributed by atoms with E-state index in [1.165, 1.54) is 17.0 Å². The summed E-state index contributed by atoms with van der Waals surface area (Å²) < 4.78 is 70.9. The number of unbranched alkanes of at least 4 members (excludes halogenated alkanes) is 3. The minimum absolute atomic E-state index is 0.0403. The topological polar surface area (TPSA) is 143 Å². The Morgan fingerprint density at radius 3 is 2.44 bits per heavy atom. The number of nitrogens with zero attached hydrogens (tertiary/aromatic N) is 4. The third-order valence-corrected chi connectivity index (χ3v) is 10.6. The van der Waals surface area contributed by atoms with Crippen LogP contribution in [-0.2, 0) is 25.0 Å².